The molecule has 2 rings (SSSR count). The van der Waals surface area contributed by atoms with Crippen LogP contribution >= 0.6 is 23.2 Å². The fourth-order valence-corrected chi connectivity index (χ4v) is 2.77. The first-order chi connectivity index (χ1) is 14.9. The minimum absolute atomic E-state index is 0.201. The van der Waals surface area contributed by atoms with Crippen LogP contribution in [0.1, 0.15) is 5.56 Å². The summed E-state index contributed by atoms with van der Waals surface area (Å²) in [6.07, 6.45) is 1.30. The number of carbonyl (C=O) groups is 3. The average Bonchev–Trinajstić information content (AvgIpc) is 2.72. The van der Waals surface area contributed by atoms with Gasteiger partial charge in [-0.3, -0.25) is 14.4 Å². The molecule has 0 heterocycles. The summed E-state index contributed by atoms with van der Waals surface area (Å²) in [7, 11) is 1.48. The minimum atomic E-state index is -0.926. The highest BCUT2D eigenvalue weighted by atomic mass is 35.5. The summed E-state index contributed by atoms with van der Waals surface area (Å²) in [5, 5.41) is 9.51. The molecule has 0 saturated carbocycles. The molecule has 3 N–H and O–H groups in total. The Morgan fingerprint density at radius 1 is 1.06 bits per heavy atom. The molecule has 9 nitrogen and oxygen atoms in total. The Morgan fingerprint density at radius 3 is 2.48 bits per heavy atom. The predicted molar refractivity (Wildman–Crippen MR) is 118 cm³/mol. The summed E-state index contributed by atoms with van der Waals surface area (Å²) in [6.45, 7) is 0.195. The number of hydrogen-bond donors (Lipinski definition) is 3. The third-order valence-corrected chi connectivity index (χ3v) is 4.03. The zero-order chi connectivity index (χ0) is 22.6. The minimum Gasteiger partial charge on any atom is -0.483 e. The van der Waals surface area contributed by atoms with E-state index in [0.717, 1.165) is 0 Å². The molecule has 0 unspecified atom stereocenters. The van der Waals surface area contributed by atoms with Gasteiger partial charge in [0.15, 0.2) is 6.61 Å². The van der Waals surface area contributed by atoms with Gasteiger partial charge in [0.05, 0.1) is 12.8 Å². The van der Waals surface area contributed by atoms with E-state index in [9.17, 15) is 14.4 Å². The number of ether oxygens (including phenoxy) is 2. The number of methoxy groups -OCH3 is 1. The van der Waals surface area contributed by atoms with Crippen LogP contribution in [0.2, 0.25) is 10.0 Å². The Bertz CT molecular complexity index is 948. The molecule has 0 radical (unpaired) electrons. The second-order valence-electron chi connectivity index (χ2n) is 5.98. The number of hydrogen-bond acceptors (Lipinski definition) is 6. The third-order valence-electron chi connectivity index (χ3n) is 3.59. The highest BCUT2D eigenvalue weighted by Crippen LogP contribution is 2.22. The van der Waals surface area contributed by atoms with Crippen molar-refractivity contribution in [3.63, 3.8) is 0 Å². The largest absolute Gasteiger partial charge is 0.483 e. The van der Waals surface area contributed by atoms with E-state index in [0.29, 0.717) is 27.0 Å². The van der Waals surface area contributed by atoms with E-state index in [-0.39, 0.29) is 19.8 Å². The molecular weight excluding hydrogens is 447 g/mol. The summed E-state index contributed by atoms with van der Waals surface area (Å²) >= 11 is 11.8. The molecule has 2 aromatic carbocycles. The van der Waals surface area contributed by atoms with Gasteiger partial charge in [-0.25, -0.2) is 5.43 Å². The first-order valence-corrected chi connectivity index (χ1v) is 9.72. The van der Waals surface area contributed by atoms with Crippen LogP contribution < -0.4 is 20.8 Å². The van der Waals surface area contributed by atoms with Crippen LogP contribution in [0.5, 0.6) is 5.75 Å². The fourth-order valence-electron chi connectivity index (χ4n) is 2.24. The van der Waals surface area contributed by atoms with Crippen molar-refractivity contribution in [1.82, 2.24) is 10.7 Å². The summed E-state index contributed by atoms with van der Waals surface area (Å²) < 4.78 is 10.3. The van der Waals surface area contributed by atoms with Gasteiger partial charge in [0, 0.05) is 35.0 Å². The normalized spacial score (nSPS) is 10.5. The van der Waals surface area contributed by atoms with E-state index >= 15 is 0 Å². The van der Waals surface area contributed by atoms with Gasteiger partial charge < -0.3 is 20.1 Å². The maximum atomic E-state index is 12.1. The van der Waals surface area contributed by atoms with E-state index in [1.54, 1.807) is 42.5 Å². The highest BCUT2D eigenvalue weighted by molar-refractivity contribution is 6.35. The summed E-state index contributed by atoms with van der Waals surface area (Å²) in [6, 6.07) is 11.4. The summed E-state index contributed by atoms with van der Waals surface area (Å²) in [5.41, 5.74) is 3.04. The Labute approximate surface area is 188 Å². The third kappa shape index (κ3) is 8.63. The van der Waals surface area contributed by atoms with Crippen LogP contribution in [0.25, 0.3) is 0 Å². The Balaban J connectivity index is 1.89. The van der Waals surface area contributed by atoms with Crippen molar-refractivity contribution in [3.05, 3.63) is 58.1 Å². The van der Waals surface area contributed by atoms with Crippen molar-refractivity contribution >= 4 is 52.8 Å². The van der Waals surface area contributed by atoms with Crippen LogP contribution in [0.15, 0.2) is 47.6 Å². The number of hydrazone groups is 1. The van der Waals surface area contributed by atoms with Gasteiger partial charge >= 0.3 is 11.8 Å². The standard InChI is InChI=1S/C20H20Cl2N4O5/c1-30-7-6-23-19(28)20(29)26-24-11-13-4-2-3-5-17(13)31-12-18(27)25-16-9-14(21)8-15(22)10-16/h2-5,8-11H,6-7,12H2,1H3,(H,23,28)(H,25,27)(H,26,29)/b24-11-. The molecular formula is C20H20Cl2N4O5. The number of benzene rings is 2. The molecule has 0 aliphatic heterocycles. The number of rotatable bonds is 9. The van der Waals surface area contributed by atoms with E-state index in [1.807, 2.05) is 0 Å². The van der Waals surface area contributed by atoms with Gasteiger partial charge in [0.1, 0.15) is 5.75 Å². The van der Waals surface area contributed by atoms with Crippen molar-refractivity contribution < 1.29 is 23.9 Å². The SMILES string of the molecule is COCCNC(=O)C(=O)N/N=C\c1ccccc1OCC(=O)Nc1cc(Cl)cc(Cl)c1. The second kappa shape index (κ2) is 12.5. The van der Waals surface area contributed by atoms with Gasteiger partial charge in [-0.1, -0.05) is 35.3 Å². The molecule has 164 valence electrons. The van der Waals surface area contributed by atoms with Crippen molar-refractivity contribution in [2.75, 3.05) is 32.2 Å². The first kappa shape index (κ1) is 24.1. The number of carbonyl (C=O) groups excluding carboxylic acids is 3. The molecule has 3 amide bonds. The second-order valence-corrected chi connectivity index (χ2v) is 6.85. The van der Waals surface area contributed by atoms with E-state index in [1.165, 1.54) is 13.3 Å². The van der Waals surface area contributed by atoms with Gasteiger partial charge in [-0.05, 0) is 30.3 Å². The predicted octanol–water partition coefficient (Wildman–Crippen LogP) is 2.22. The molecule has 2 aromatic rings. The fraction of sp³-hybridized carbons (Fsp3) is 0.200. The van der Waals surface area contributed by atoms with E-state index in [4.69, 9.17) is 32.7 Å². The molecule has 11 heteroatoms. The van der Waals surface area contributed by atoms with Crippen molar-refractivity contribution in [2.24, 2.45) is 5.10 Å². The zero-order valence-electron chi connectivity index (χ0n) is 16.5. The number of nitrogens with one attached hydrogen (secondary N) is 3. The van der Waals surface area contributed by atoms with Gasteiger partial charge in [0.25, 0.3) is 5.91 Å². The van der Waals surface area contributed by atoms with Gasteiger partial charge in [-0.2, -0.15) is 5.10 Å². The Kier molecular flexibility index (Phi) is 9.76. The number of anilines is 1. The lowest BCUT2D eigenvalue weighted by Crippen LogP contribution is -2.39. The van der Waals surface area contributed by atoms with Crippen molar-refractivity contribution in [2.45, 2.75) is 0 Å². The molecule has 0 fully saturated rings. The van der Waals surface area contributed by atoms with Gasteiger partial charge in [-0.15, -0.1) is 0 Å². The summed E-state index contributed by atoms with van der Waals surface area (Å²) in [5.74, 6) is -1.84. The van der Waals surface area contributed by atoms with Crippen LogP contribution in [0, 0.1) is 0 Å². The number of nitrogens with zero attached hydrogens (tertiary/aromatic N) is 1. The summed E-state index contributed by atoms with van der Waals surface area (Å²) in [4.78, 5) is 35.4. The smallest absolute Gasteiger partial charge is 0.329 e. The van der Waals surface area contributed by atoms with Crippen LogP contribution in [-0.4, -0.2) is 50.8 Å². The van der Waals surface area contributed by atoms with Crippen molar-refractivity contribution in [3.8, 4) is 5.75 Å². The van der Waals surface area contributed by atoms with Crippen LogP contribution in [0.3, 0.4) is 0 Å². The molecule has 0 aliphatic rings. The zero-order valence-corrected chi connectivity index (χ0v) is 18.0. The van der Waals surface area contributed by atoms with E-state index < -0.39 is 17.7 Å². The van der Waals surface area contributed by atoms with E-state index in [2.05, 4.69) is 21.2 Å². The monoisotopic (exact) mass is 466 g/mol. The molecule has 0 atom stereocenters. The van der Waals surface area contributed by atoms with Crippen LogP contribution in [0.4, 0.5) is 5.69 Å². The molecule has 0 aromatic heterocycles. The quantitative estimate of drug-likeness (QED) is 0.226. The average molecular weight is 467 g/mol. The maximum Gasteiger partial charge on any atom is 0.329 e. The topological polar surface area (TPSA) is 118 Å². The first-order valence-electron chi connectivity index (χ1n) is 8.97. The number of amides is 3. The number of para-hydroxylation sites is 1. The van der Waals surface area contributed by atoms with Crippen LogP contribution in [-0.2, 0) is 19.1 Å². The molecule has 0 aliphatic carbocycles. The Hall–Kier alpha value is -3.14. The lowest BCUT2D eigenvalue weighted by Gasteiger charge is -2.10. The maximum absolute atomic E-state index is 12.1. The highest BCUT2D eigenvalue weighted by Gasteiger charge is 2.12. The van der Waals surface area contributed by atoms with Gasteiger partial charge in [0.2, 0.25) is 0 Å². The molecule has 0 bridgehead atoms. The Morgan fingerprint density at radius 2 is 1.77 bits per heavy atom. The lowest BCUT2D eigenvalue weighted by atomic mass is 10.2. The van der Waals surface area contributed by atoms with Crippen molar-refractivity contribution in [1.29, 1.82) is 0 Å². The lowest BCUT2D eigenvalue weighted by molar-refractivity contribution is -0.139. The molecule has 31 heavy (non-hydrogen) atoms. The number of halogens is 2. The molecule has 0 spiro atoms. The molecule has 0 saturated heterocycles.